The van der Waals surface area contributed by atoms with E-state index in [1.807, 2.05) is 6.92 Å². The molecule has 0 aromatic carbocycles. The van der Waals surface area contributed by atoms with Crippen LogP contribution in [0.2, 0.25) is 0 Å². The van der Waals surface area contributed by atoms with Crippen molar-refractivity contribution in [2.45, 2.75) is 33.1 Å². The van der Waals surface area contributed by atoms with Crippen LogP contribution in [0.4, 0.5) is 0 Å². The summed E-state index contributed by atoms with van der Waals surface area (Å²) in [6.07, 6.45) is 0.576. The number of aromatic amines is 1. The van der Waals surface area contributed by atoms with Crippen molar-refractivity contribution in [1.82, 2.24) is 4.98 Å². The Labute approximate surface area is 117 Å². The highest BCUT2D eigenvalue weighted by molar-refractivity contribution is 6.18. The average molecular weight is 288 g/mol. The number of aromatic nitrogens is 1. The van der Waals surface area contributed by atoms with Gasteiger partial charge in [0.1, 0.15) is 11.4 Å². The Bertz CT molecular complexity index is 427. The Balaban J connectivity index is 3.26. The molecule has 6 heteroatoms. The molecule has 1 aromatic heterocycles. The monoisotopic (exact) mass is 287 g/mol. The molecule has 0 saturated heterocycles. The number of alkyl halides is 1. The fourth-order valence-corrected chi connectivity index (χ4v) is 2.17. The molecule has 1 N–H and O–H groups in total. The molecule has 0 amide bonds. The Morgan fingerprint density at radius 1 is 1.00 bits per heavy atom. The van der Waals surface area contributed by atoms with Crippen LogP contribution < -0.4 is 0 Å². The Kier molecular flexibility index (Phi) is 5.89. The third kappa shape index (κ3) is 3.29. The molecule has 1 rings (SSSR count). The maximum absolute atomic E-state index is 11.8. The number of carbonyl (C=O) groups is 2. The van der Waals surface area contributed by atoms with E-state index < -0.39 is 11.9 Å². The summed E-state index contributed by atoms with van der Waals surface area (Å²) < 4.78 is 9.90. The van der Waals surface area contributed by atoms with Gasteiger partial charge in [-0.05, 0) is 25.8 Å². The average Bonchev–Trinajstić information content (AvgIpc) is 2.77. The van der Waals surface area contributed by atoms with Gasteiger partial charge in [-0.3, -0.25) is 0 Å². The van der Waals surface area contributed by atoms with Crippen molar-refractivity contribution in [3.05, 3.63) is 22.5 Å². The standard InChI is InChI=1S/C13H18ClNO4/c1-4-8-9(7-14)11(13(17)19-6-3)15-10(8)12(16)18-5-2/h15H,4-7H2,1-3H3. The van der Waals surface area contributed by atoms with Crippen LogP contribution in [0.25, 0.3) is 0 Å². The van der Waals surface area contributed by atoms with Crippen molar-refractivity contribution < 1.29 is 19.1 Å². The summed E-state index contributed by atoms with van der Waals surface area (Å²) in [7, 11) is 0. The van der Waals surface area contributed by atoms with Gasteiger partial charge >= 0.3 is 11.9 Å². The van der Waals surface area contributed by atoms with E-state index >= 15 is 0 Å². The summed E-state index contributed by atoms with van der Waals surface area (Å²) in [6, 6.07) is 0. The highest BCUT2D eigenvalue weighted by Gasteiger charge is 2.25. The molecule has 0 aliphatic carbocycles. The van der Waals surface area contributed by atoms with Gasteiger partial charge in [-0.2, -0.15) is 0 Å². The normalized spacial score (nSPS) is 10.3. The fourth-order valence-electron chi connectivity index (χ4n) is 1.87. The lowest BCUT2D eigenvalue weighted by atomic mass is 10.1. The van der Waals surface area contributed by atoms with Gasteiger partial charge in [-0.1, -0.05) is 6.92 Å². The van der Waals surface area contributed by atoms with Gasteiger partial charge < -0.3 is 14.5 Å². The van der Waals surface area contributed by atoms with Crippen LogP contribution >= 0.6 is 11.6 Å². The lowest BCUT2D eigenvalue weighted by molar-refractivity contribution is 0.0515. The largest absolute Gasteiger partial charge is 0.461 e. The van der Waals surface area contributed by atoms with E-state index in [-0.39, 0.29) is 30.5 Å². The van der Waals surface area contributed by atoms with E-state index in [9.17, 15) is 9.59 Å². The fraction of sp³-hybridized carbons (Fsp3) is 0.538. The maximum atomic E-state index is 11.8. The molecule has 0 aliphatic heterocycles. The van der Waals surface area contributed by atoms with Crippen LogP contribution in [-0.2, 0) is 21.8 Å². The van der Waals surface area contributed by atoms with E-state index in [0.717, 1.165) is 0 Å². The molecule has 5 nitrogen and oxygen atoms in total. The Morgan fingerprint density at radius 2 is 1.47 bits per heavy atom. The van der Waals surface area contributed by atoms with Crippen LogP contribution in [0.15, 0.2) is 0 Å². The summed E-state index contributed by atoms with van der Waals surface area (Å²) in [6.45, 7) is 5.86. The Morgan fingerprint density at radius 3 is 1.84 bits per heavy atom. The van der Waals surface area contributed by atoms with Gasteiger partial charge in [-0.15, -0.1) is 11.6 Å². The molecule has 0 unspecified atom stereocenters. The van der Waals surface area contributed by atoms with E-state index in [2.05, 4.69) is 4.98 Å². The van der Waals surface area contributed by atoms with Crippen LogP contribution in [0.5, 0.6) is 0 Å². The van der Waals surface area contributed by atoms with Gasteiger partial charge in [0.15, 0.2) is 0 Å². The lowest BCUT2D eigenvalue weighted by Crippen LogP contribution is -2.09. The molecular formula is C13H18ClNO4. The second-order valence-corrected chi connectivity index (χ2v) is 4.03. The third-order valence-corrected chi connectivity index (χ3v) is 2.93. The number of rotatable bonds is 6. The number of esters is 2. The molecule has 0 aliphatic rings. The van der Waals surface area contributed by atoms with Crippen molar-refractivity contribution >= 4 is 23.5 Å². The zero-order valence-electron chi connectivity index (χ0n) is 11.3. The predicted molar refractivity (Wildman–Crippen MR) is 71.6 cm³/mol. The quantitative estimate of drug-likeness (QED) is 0.645. The molecule has 0 fully saturated rings. The first-order valence-electron chi connectivity index (χ1n) is 6.24. The molecular weight excluding hydrogens is 270 g/mol. The highest BCUT2D eigenvalue weighted by atomic mass is 35.5. The smallest absolute Gasteiger partial charge is 0.355 e. The number of halogens is 1. The third-order valence-electron chi connectivity index (χ3n) is 2.66. The molecule has 106 valence electrons. The molecule has 0 spiro atoms. The number of H-pyrrole nitrogens is 1. The van der Waals surface area contributed by atoms with Crippen LogP contribution in [0.3, 0.4) is 0 Å². The first kappa shape index (κ1) is 15.6. The van der Waals surface area contributed by atoms with Gasteiger partial charge in [0.2, 0.25) is 0 Å². The van der Waals surface area contributed by atoms with Gasteiger partial charge in [0.25, 0.3) is 0 Å². The molecule has 0 atom stereocenters. The first-order valence-corrected chi connectivity index (χ1v) is 6.77. The summed E-state index contributed by atoms with van der Waals surface area (Å²) in [5, 5.41) is 0. The first-order chi connectivity index (χ1) is 9.10. The SMILES string of the molecule is CCOC(=O)c1[nH]c(C(=O)OCC)c(CCl)c1CC. The van der Waals surface area contributed by atoms with Crippen molar-refractivity contribution in [3.8, 4) is 0 Å². The minimum Gasteiger partial charge on any atom is -0.461 e. The summed E-state index contributed by atoms with van der Waals surface area (Å²) in [5.41, 5.74) is 1.82. The van der Waals surface area contributed by atoms with Gasteiger partial charge in [0, 0.05) is 5.56 Å². The van der Waals surface area contributed by atoms with E-state index in [1.54, 1.807) is 13.8 Å². The molecule has 19 heavy (non-hydrogen) atoms. The van der Waals surface area contributed by atoms with Gasteiger partial charge in [0.05, 0.1) is 19.1 Å². The topological polar surface area (TPSA) is 68.4 Å². The molecule has 0 bridgehead atoms. The highest BCUT2D eigenvalue weighted by Crippen LogP contribution is 2.23. The van der Waals surface area contributed by atoms with Gasteiger partial charge in [-0.25, -0.2) is 9.59 Å². The second-order valence-electron chi connectivity index (χ2n) is 3.76. The van der Waals surface area contributed by atoms with Crippen molar-refractivity contribution in [3.63, 3.8) is 0 Å². The van der Waals surface area contributed by atoms with E-state index in [4.69, 9.17) is 21.1 Å². The van der Waals surface area contributed by atoms with Crippen LogP contribution in [0.1, 0.15) is 52.9 Å². The number of hydrogen-bond acceptors (Lipinski definition) is 4. The van der Waals surface area contributed by atoms with Crippen LogP contribution in [0, 0.1) is 0 Å². The maximum Gasteiger partial charge on any atom is 0.355 e. The zero-order chi connectivity index (χ0) is 14.4. The molecule has 0 radical (unpaired) electrons. The lowest BCUT2D eigenvalue weighted by Gasteiger charge is -2.03. The van der Waals surface area contributed by atoms with Crippen molar-refractivity contribution in [2.24, 2.45) is 0 Å². The number of nitrogens with one attached hydrogen (secondary N) is 1. The number of carbonyl (C=O) groups excluding carboxylic acids is 2. The summed E-state index contributed by atoms with van der Waals surface area (Å²) in [4.78, 5) is 26.4. The second kappa shape index (κ2) is 7.19. The Hall–Kier alpha value is -1.49. The zero-order valence-corrected chi connectivity index (χ0v) is 12.1. The minimum atomic E-state index is -0.511. The van der Waals surface area contributed by atoms with E-state index in [0.29, 0.717) is 17.5 Å². The number of ether oxygens (including phenoxy) is 2. The molecule has 1 heterocycles. The van der Waals surface area contributed by atoms with Crippen LogP contribution in [-0.4, -0.2) is 30.1 Å². The minimum absolute atomic E-state index is 0.132. The number of hydrogen-bond donors (Lipinski definition) is 1. The van der Waals surface area contributed by atoms with Crippen molar-refractivity contribution in [1.29, 1.82) is 0 Å². The predicted octanol–water partition coefficient (Wildman–Crippen LogP) is 2.67. The van der Waals surface area contributed by atoms with E-state index in [1.165, 1.54) is 0 Å². The summed E-state index contributed by atoms with van der Waals surface area (Å²) in [5.74, 6) is -0.864. The summed E-state index contributed by atoms with van der Waals surface area (Å²) >= 11 is 5.88. The molecule has 1 aromatic rings. The molecule has 0 saturated carbocycles. The van der Waals surface area contributed by atoms with Crippen molar-refractivity contribution in [2.75, 3.05) is 13.2 Å².